The minimum atomic E-state index is -1.57. The van der Waals surface area contributed by atoms with Crippen molar-refractivity contribution in [2.45, 2.75) is 83.1 Å². The largest absolute Gasteiger partial charge is 0.415 e. The van der Waals surface area contributed by atoms with E-state index >= 15 is 0 Å². The Morgan fingerprint density at radius 2 is 1.94 bits per heavy atom. The maximum atomic E-state index is 6.43. The zero-order chi connectivity index (χ0) is 13.6. The molecule has 0 aliphatic carbocycles. The van der Waals surface area contributed by atoms with E-state index in [-0.39, 0.29) is 0 Å². The van der Waals surface area contributed by atoms with Gasteiger partial charge < -0.3 is 4.43 Å². The molecule has 2 nitrogen and oxygen atoms in total. The van der Waals surface area contributed by atoms with Crippen molar-refractivity contribution in [3.63, 3.8) is 0 Å². The molecule has 2 aliphatic rings. The summed E-state index contributed by atoms with van der Waals surface area (Å²) >= 11 is 0. The van der Waals surface area contributed by atoms with Gasteiger partial charge in [-0.15, -0.1) is 0 Å². The van der Waals surface area contributed by atoms with Gasteiger partial charge in [-0.2, -0.15) is 0 Å². The third-order valence-electron chi connectivity index (χ3n) is 5.71. The van der Waals surface area contributed by atoms with E-state index < -0.39 is 8.32 Å². The lowest BCUT2D eigenvalue weighted by Crippen LogP contribution is -2.46. The van der Waals surface area contributed by atoms with Crippen LogP contribution in [0.3, 0.4) is 0 Å². The summed E-state index contributed by atoms with van der Waals surface area (Å²) in [4.78, 5) is 2.74. The van der Waals surface area contributed by atoms with Gasteiger partial charge in [-0.3, -0.25) is 4.90 Å². The molecule has 0 saturated carbocycles. The van der Waals surface area contributed by atoms with Crippen LogP contribution in [0.15, 0.2) is 0 Å². The van der Waals surface area contributed by atoms with Crippen molar-refractivity contribution in [1.82, 2.24) is 4.90 Å². The second-order valence-corrected chi connectivity index (χ2v) is 12.9. The van der Waals surface area contributed by atoms with Crippen LogP contribution in [0.2, 0.25) is 18.1 Å². The summed E-state index contributed by atoms with van der Waals surface area (Å²) in [5, 5.41) is 0.333. The Morgan fingerprint density at radius 3 is 2.56 bits per heavy atom. The third-order valence-corrected chi connectivity index (χ3v) is 10.2. The lowest BCUT2D eigenvalue weighted by molar-refractivity contribution is 0.119. The molecule has 0 amide bonds. The minimum absolute atomic E-state index is 0.333. The molecule has 2 saturated heterocycles. The van der Waals surface area contributed by atoms with Crippen molar-refractivity contribution < 1.29 is 4.43 Å². The first-order valence-electron chi connectivity index (χ1n) is 7.56. The molecule has 2 atom stereocenters. The van der Waals surface area contributed by atoms with Gasteiger partial charge in [0.05, 0.1) is 0 Å². The summed E-state index contributed by atoms with van der Waals surface area (Å²) in [6.07, 6.45) is 5.49. The summed E-state index contributed by atoms with van der Waals surface area (Å²) in [5.41, 5.74) is 0.501. The first kappa shape index (κ1) is 14.5. The predicted molar refractivity (Wildman–Crippen MR) is 80.5 cm³/mol. The van der Waals surface area contributed by atoms with Crippen molar-refractivity contribution in [3.8, 4) is 0 Å². The normalized spacial score (nSPS) is 34.0. The molecule has 0 N–H and O–H groups in total. The Kier molecular flexibility index (Phi) is 3.72. The second kappa shape index (κ2) is 4.60. The molecular formula is C15H31NOSi. The smallest absolute Gasteiger partial charge is 0.192 e. The van der Waals surface area contributed by atoms with Gasteiger partial charge in [0.25, 0.3) is 0 Å². The lowest BCUT2D eigenvalue weighted by Gasteiger charge is -2.38. The average Bonchev–Trinajstić information content (AvgIpc) is 2.71. The zero-order valence-corrected chi connectivity index (χ0v) is 14.2. The van der Waals surface area contributed by atoms with Crippen molar-refractivity contribution in [2.75, 3.05) is 13.2 Å². The van der Waals surface area contributed by atoms with Crippen molar-refractivity contribution in [2.24, 2.45) is 0 Å². The Balaban J connectivity index is 1.92. The number of hydrogen-bond acceptors (Lipinski definition) is 2. The molecule has 3 heteroatoms. The van der Waals surface area contributed by atoms with Crippen molar-refractivity contribution >= 4 is 8.32 Å². The summed E-state index contributed by atoms with van der Waals surface area (Å²) in [6, 6.07) is 0.687. The van der Waals surface area contributed by atoms with E-state index in [1.54, 1.807) is 0 Å². The van der Waals surface area contributed by atoms with E-state index in [0.29, 0.717) is 16.6 Å². The van der Waals surface area contributed by atoms with Crippen LogP contribution in [0.1, 0.15) is 53.4 Å². The van der Waals surface area contributed by atoms with E-state index in [4.69, 9.17) is 4.43 Å². The maximum Gasteiger partial charge on any atom is 0.192 e. The Morgan fingerprint density at radius 1 is 1.28 bits per heavy atom. The fourth-order valence-corrected chi connectivity index (χ4v) is 4.31. The SMILES string of the molecule is CC(C)(C)[Si](C)(C)OC[C@@H]1CC[C@]2(C)CCCN12. The Bertz CT molecular complexity index is 310. The number of fused-ring (bicyclic) bond motifs is 1. The molecule has 2 rings (SSSR count). The number of nitrogens with zero attached hydrogens (tertiary/aromatic N) is 1. The molecule has 18 heavy (non-hydrogen) atoms. The van der Waals surface area contributed by atoms with Crippen LogP contribution in [0.4, 0.5) is 0 Å². The standard InChI is InChI=1S/C15H31NOSi/c1-14(2,3)18(5,6)17-12-13-8-10-15(4)9-7-11-16(13)15/h13H,7-12H2,1-6H3/t13-,15-/m0/s1. The molecular weight excluding hydrogens is 238 g/mol. The van der Waals surface area contributed by atoms with E-state index in [0.717, 1.165) is 6.61 Å². The highest BCUT2D eigenvalue weighted by Gasteiger charge is 2.46. The van der Waals surface area contributed by atoms with Gasteiger partial charge in [0.15, 0.2) is 8.32 Å². The van der Waals surface area contributed by atoms with Crippen LogP contribution in [0.25, 0.3) is 0 Å². The summed E-state index contributed by atoms with van der Waals surface area (Å²) in [5.74, 6) is 0. The summed E-state index contributed by atoms with van der Waals surface area (Å²) in [7, 11) is -1.57. The quantitative estimate of drug-likeness (QED) is 0.717. The molecule has 0 aromatic rings. The fraction of sp³-hybridized carbons (Fsp3) is 1.00. The van der Waals surface area contributed by atoms with Gasteiger partial charge in [-0.05, 0) is 57.3 Å². The molecule has 0 aromatic heterocycles. The molecule has 2 fully saturated rings. The highest BCUT2D eigenvalue weighted by atomic mass is 28.4. The predicted octanol–water partition coefficient (Wildman–Crippen LogP) is 4.03. The zero-order valence-electron chi connectivity index (χ0n) is 13.2. The van der Waals surface area contributed by atoms with Crippen LogP contribution in [0, 0.1) is 0 Å². The first-order chi connectivity index (χ1) is 8.16. The maximum absolute atomic E-state index is 6.43. The Labute approximate surface area is 114 Å². The van der Waals surface area contributed by atoms with Gasteiger partial charge in [0.2, 0.25) is 0 Å². The van der Waals surface area contributed by atoms with Gasteiger partial charge in [-0.25, -0.2) is 0 Å². The molecule has 0 bridgehead atoms. The lowest BCUT2D eigenvalue weighted by atomic mass is 9.97. The molecule has 106 valence electrons. The number of rotatable bonds is 3. The minimum Gasteiger partial charge on any atom is -0.415 e. The Hall–Kier alpha value is 0.137. The summed E-state index contributed by atoms with van der Waals surface area (Å²) < 4.78 is 6.43. The van der Waals surface area contributed by atoms with Crippen molar-refractivity contribution in [1.29, 1.82) is 0 Å². The monoisotopic (exact) mass is 269 g/mol. The van der Waals surface area contributed by atoms with Crippen LogP contribution < -0.4 is 0 Å². The van der Waals surface area contributed by atoms with Crippen molar-refractivity contribution in [3.05, 3.63) is 0 Å². The van der Waals surface area contributed by atoms with E-state index in [2.05, 4.69) is 45.7 Å². The molecule has 0 radical (unpaired) electrons. The van der Waals surface area contributed by atoms with Gasteiger partial charge in [0.1, 0.15) is 0 Å². The van der Waals surface area contributed by atoms with Gasteiger partial charge in [-0.1, -0.05) is 20.8 Å². The molecule has 2 heterocycles. The van der Waals surface area contributed by atoms with Crippen LogP contribution in [-0.2, 0) is 4.43 Å². The van der Waals surface area contributed by atoms with Gasteiger partial charge in [0, 0.05) is 18.2 Å². The van der Waals surface area contributed by atoms with Gasteiger partial charge >= 0.3 is 0 Å². The fourth-order valence-electron chi connectivity index (χ4n) is 3.26. The first-order valence-corrected chi connectivity index (χ1v) is 10.5. The van der Waals surface area contributed by atoms with Crippen LogP contribution >= 0.6 is 0 Å². The second-order valence-electron chi connectivity index (χ2n) is 8.06. The van der Waals surface area contributed by atoms with E-state index in [9.17, 15) is 0 Å². The average molecular weight is 270 g/mol. The highest BCUT2D eigenvalue weighted by molar-refractivity contribution is 6.74. The van der Waals surface area contributed by atoms with E-state index in [1.165, 1.54) is 32.2 Å². The van der Waals surface area contributed by atoms with Crippen LogP contribution in [0.5, 0.6) is 0 Å². The molecule has 0 spiro atoms. The number of hydrogen-bond donors (Lipinski definition) is 0. The van der Waals surface area contributed by atoms with E-state index in [1.807, 2.05) is 0 Å². The highest BCUT2D eigenvalue weighted by Crippen LogP contribution is 2.43. The summed E-state index contributed by atoms with van der Waals surface area (Å²) in [6.45, 7) is 16.4. The molecule has 2 aliphatic heterocycles. The molecule has 0 aromatic carbocycles. The molecule has 0 unspecified atom stereocenters. The topological polar surface area (TPSA) is 12.5 Å². The third kappa shape index (κ3) is 2.54. The van der Waals surface area contributed by atoms with Crippen LogP contribution in [-0.4, -0.2) is 37.9 Å².